The Hall–Kier alpha value is -2.48. The van der Waals surface area contributed by atoms with Crippen molar-refractivity contribution in [2.45, 2.75) is 0 Å². The van der Waals surface area contributed by atoms with Crippen molar-refractivity contribution < 1.29 is 4.92 Å². The van der Waals surface area contributed by atoms with Crippen molar-refractivity contribution in [1.29, 1.82) is 0 Å². The zero-order valence-corrected chi connectivity index (χ0v) is 14.8. The third kappa shape index (κ3) is 3.96. The number of anilines is 1. The molecule has 1 aromatic heterocycles. The molecule has 0 fully saturated rings. The SMILES string of the molecule is O=[N+]([O-])c1ccc(Cl)c(C=NNc2nc(-c3ccccc3)cs2)c1Cl. The van der Waals surface area contributed by atoms with E-state index in [0.29, 0.717) is 5.13 Å². The van der Waals surface area contributed by atoms with Gasteiger partial charge in [-0.25, -0.2) is 4.98 Å². The summed E-state index contributed by atoms with van der Waals surface area (Å²) in [6.45, 7) is 0. The number of halogens is 2. The quantitative estimate of drug-likeness (QED) is 0.354. The summed E-state index contributed by atoms with van der Waals surface area (Å²) in [5.74, 6) is 0. The van der Waals surface area contributed by atoms with Crippen molar-refractivity contribution >= 4 is 51.6 Å². The fourth-order valence-electron chi connectivity index (χ4n) is 2.04. The maximum atomic E-state index is 10.9. The van der Waals surface area contributed by atoms with E-state index in [0.717, 1.165) is 11.3 Å². The average molecular weight is 393 g/mol. The van der Waals surface area contributed by atoms with Gasteiger partial charge in [-0.3, -0.25) is 15.5 Å². The van der Waals surface area contributed by atoms with Crippen LogP contribution in [0, 0.1) is 10.1 Å². The van der Waals surface area contributed by atoms with Crippen LogP contribution in [0.2, 0.25) is 10.0 Å². The highest BCUT2D eigenvalue weighted by Crippen LogP contribution is 2.32. The largest absolute Gasteiger partial charge is 0.288 e. The van der Waals surface area contributed by atoms with Crippen molar-refractivity contribution in [2.75, 3.05) is 5.43 Å². The lowest BCUT2D eigenvalue weighted by Crippen LogP contribution is -1.96. The van der Waals surface area contributed by atoms with Gasteiger partial charge < -0.3 is 0 Å². The number of rotatable bonds is 5. The number of nitro groups is 1. The van der Waals surface area contributed by atoms with Crippen molar-refractivity contribution in [1.82, 2.24) is 4.98 Å². The van der Waals surface area contributed by atoms with Gasteiger partial charge in [0.1, 0.15) is 5.02 Å². The highest BCUT2D eigenvalue weighted by molar-refractivity contribution is 7.14. The average Bonchev–Trinajstić information content (AvgIpc) is 3.07. The Kier molecular flexibility index (Phi) is 5.28. The molecular weight excluding hydrogens is 383 g/mol. The summed E-state index contributed by atoms with van der Waals surface area (Å²) in [5, 5.41) is 17.6. The normalized spacial score (nSPS) is 11.0. The molecule has 0 amide bonds. The van der Waals surface area contributed by atoms with Crippen molar-refractivity contribution in [3.63, 3.8) is 0 Å². The zero-order valence-electron chi connectivity index (χ0n) is 12.5. The molecule has 3 aromatic rings. The van der Waals surface area contributed by atoms with Gasteiger partial charge in [-0.1, -0.05) is 53.5 Å². The lowest BCUT2D eigenvalue weighted by atomic mass is 10.2. The summed E-state index contributed by atoms with van der Waals surface area (Å²) < 4.78 is 0. The molecule has 1 N–H and O–H groups in total. The van der Waals surface area contributed by atoms with Crippen molar-refractivity contribution in [3.05, 3.63) is 73.6 Å². The molecule has 0 bridgehead atoms. The minimum atomic E-state index is -0.573. The van der Waals surface area contributed by atoms with E-state index in [9.17, 15) is 10.1 Å². The molecule has 0 aliphatic rings. The van der Waals surface area contributed by atoms with E-state index in [1.807, 2.05) is 35.7 Å². The summed E-state index contributed by atoms with van der Waals surface area (Å²) >= 11 is 13.4. The fourth-order valence-corrected chi connectivity index (χ4v) is 3.24. The van der Waals surface area contributed by atoms with Crippen molar-refractivity contribution in [2.24, 2.45) is 5.10 Å². The standard InChI is InChI=1S/C16H10Cl2N4O2S/c17-12-6-7-14(22(23)24)15(18)11(12)8-19-21-16-20-13(9-25-16)10-4-2-1-3-5-10/h1-9H,(H,20,21). The number of hydrogen-bond acceptors (Lipinski definition) is 6. The first kappa shape index (κ1) is 17.3. The minimum absolute atomic E-state index is 0.0628. The Bertz CT molecular complexity index is 945. The molecule has 9 heteroatoms. The number of hydrogen-bond donors (Lipinski definition) is 1. The summed E-state index contributed by atoms with van der Waals surface area (Å²) in [5.41, 5.74) is 4.64. The smallest absolute Gasteiger partial charge is 0.258 e. The summed E-state index contributed by atoms with van der Waals surface area (Å²) in [7, 11) is 0. The minimum Gasteiger partial charge on any atom is -0.258 e. The third-order valence-corrected chi connectivity index (χ3v) is 4.70. The number of nitrogens with one attached hydrogen (secondary N) is 1. The molecule has 0 saturated carbocycles. The molecule has 0 atom stereocenters. The number of benzene rings is 2. The molecule has 6 nitrogen and oxygen atoms in total. The topological polar surface area (TPSA) is 80.4 Å². The third-order valence-electron chi connectivity index (χ3n) is 3.23. The van der Waals surface area contributed by atoms with Crippen LogP contribution in [0.25, 0.3) is 11.3 Å². The lowest BCUT2D eigenvalue weighted by Gasteiger charge is -2.02. The van der Waals surface area contributed by atoms with Crippen LogP contribution in [0.4, 0.5) is 10.8 Å². The van der Waals surface area contributed by atoms with Crippen LogP contribution in [0.5, 0.6) is 0 Å². The molecule has 25 heavy (non-hydrogen) atoms. The molecule has 0 aliphatic carbocycles. The second-order valence-corrected chi connectivity index (χ2v) is 6.47. The molecule has 0 radical (unpaired) electrons. The van der Waals surface area contributed by atoms with Gasteiger partial charge in [0.2, 0.25) is 5.13 Å². The molecule has 0 saturated heterocycles. The van der Waals surface area contributed by atoms with E-state index < -0.39 is 4.92 Å². The van der Waals surface area contributed by atoms with E-state index in [-0.39, 0.29) is 21.3 Å². The van der Waals surface area contributed by atoms with Crippen LogP contribution in [0.15, 0.2) is 52.9 Å². The Morgan fingerprint density at radius 2 is 1.96 bits per heavy atom. The molecule has 0 unspecified atom stereocenters. The second kappa shape index (κ2) is 7.60. The van der Waals surface area contributed by atoms with Gasteiger partial charge in [0.05, 0.1) is 21.9 Å². The van der Waals surface area contributed by atoms with Crippen LogP contribution in [0.3, 0.4) is 0 Å². The van der Waals surface area contributed by atoms with E-state index >= 15 is 0 Å². The molecule has 0 spiro atoms. The molecule has 1 heterocycles. The number of thiazole rings is 1. The van der Waals surface area contributed by atoms with Gasteiger partial charge in [0.25, 0.3) is 5.69 Å². The first-order chi connectivity index (χ1) is 12.1. The van der Waals surface area contributed by atoms with E-state index in [4.69, 9.17) is 23.2 Å². The molecule has 3 rings (SSSR count). The molecule has 126 valence electrons. The van der Waals surface area contributed by atoms with Gasteiger partial charge in [0.15, 0.2) is 0 Å². The molecular formula is C16H10Cl2N4O2S. The number of aromatic nitrogens is 1. The van der Waals surface area contributed by atoms with Crippen LogP contribution < -0.4 is 5.43 Å². The summed E-state index contributed by atoms with van der Waals surface area (Å²) in [6.07, 6.45) is 1.33. The highest BCUT2D eigenvalue weighted by atomic mass is 35.5. The number of hydrazone groups is 1. The van der Waals surface area contributed by atoms with Gasteiger partial charge in [-0.05, 0) is 6.07 Å². The van der Waals surface area contributed by atoms with Crippen molar-refractivity contribution in [3.8, 4) is 11.3 Å². The fraction of sp³-hybridized carbons (Fsp3) is 0. The highest BCUT2D eigenvalue weighted by Gasteiger charge is 2.17. The lowest BCUT2D eigenvalue weighted by molar-refractivity contribution is -0.384. The first-order valence-electron chi connectivity index (χ1n) is 6.98. The Morgan fingerprint density at radius 1 is 1.20 bits per heavy atom. The van der Waals surface area contributed by atoms with E-state index in [1.54, 1.807) is 0 Å². The van der Waals surface area contributed by atoms with Crippen LogP contribution >= 0.6 is 34.5 Å². The molecule has 0 aliphatic heterocycles. The van der Waals surface area contributed by atoms with Crippen LogP contribution in [0.1, 0.15) is 5.56 Å². The maximum absolute atomic E-state index is 10.9. The number of nitrogens with zero attached hydrogens (tertiary/aromatic N) is 3. The second-order valence-electron chi connectivity index (χ2n) is 4.83. The van der Waals surface area contributed by atoms with Crippen LogP contribution in [-0.2, 0) is 0 Å². The Morgan fingerprint density at radius 3 is 2.68 bits per heavy atom. The van der Waals surface area contributed by atoms with Gasteiger partial charge in [-0.2, -0.15) is 5.10 Å². The van der Waals surface area contributed by atoms with Gasteiger partial charge in [-0.15, -0.1) is 11.3 Å². The predicted molar refractivity (Wildman–Crippen MR) is 102 cm³/mol. The first-order valence-corrected chi connectivity index (χ1v) is 8.62. The van der Waals surface area contributed by atoms with E-state index in [1.165, 1.54) is 29.7 Å². The Labute approximate surface area is 156 Å². The molecule has 2 aromatic carbocycles. The monoisotopic (exact) mass is 392 g/mol. The maximum Gasteiger partial charge on any atom is 0.288 e. The summed E-state index contributed by atoms with van der Waals surface area (Å²) in [6, 6.07) is 12.4. The van der Waals surface area contributed by atoms with E-state index in [2.05, 4.69) is 15.5 Å². The van der Waals surface area contributed by atoms with Gasteiger partial charge in [0, 0.05) is 22.6 Å². The predicted octanol–water partition coefficient (Wildman–Crippen LogP) is 5.47. The Balaban J connectivity index is 1.77. The van der Waals surface area contributed by atoms with Crippen LogP contribution in [-0.4, -0.2) is 16.1 Å². The summed E-state index contributed by atoms with van der Waals surface area (Å²) in [4.78, 5) is 14.8. The zero-order chi connectivity index (χ0) is 17.8. The van der Waals surface area contributed by atoms with Gasteiger partial charge >= 0.3 is 0 Å². The number of nitro benzene ring substituents is 1.